The Balaban J connectivity index is 1.58. The van der Waals surface area contributed by atoms with Crippen LogP contribution in [0.15, 0.2) is 108 Å². The molecule has 0 radical (unpaired) electrons. The largest absolute Gasteiger partial charge is 0.352 e. The Hall–Kier alpha value is -4.14. The van der Waals surface area contributed by atoms with Gasteiger partial charge in [-0.05, 0) is 67.6 Å². The van der Waals surface area contributed by atoms with Crippen molar-refractivity contribution < 1.29 is 18.0 Å². The van der Waals surface area contributed by atoms with Gasteiger partial charge in [0.25, 0.3) is 10.0 Å². The number of hydrogen-bond donors (Lipinski definition) is 1. The molecule has 0 aromatic heterocycles. The Bertz CT molecular complexity index is 1770. The van der Waals surface area contributed by atoms with E-state index in [1.807, 2.05) is 74.5 Å². The maximum absolute atomic E-state index is 14.7. The highest BCUT2D eigenvalue weighted by atomic mass is 35.5. The first-order valence-electron chi connectivity index (χ1n) is 16.2. The monoisotopic (exact) mass is 671 g/mol. The summed E-state index contributed by atoms with van der Waals surface area (Å²) in [6, 6.07) is 29.6. The summed E-state index contributed by atoms with van der Waals surface area (Å²) in [6.45, 7) is 3.22. The molecule has 47 heavy (non-hydrogen) atoms. The average Bonchev–Trinajstić information content (AvgIpc) is 3.07. The molecule has 0 unspecified atom stereocenters. The fourth-order valence-corrected chi connectivity index (χ4v) is 7.78. The van der Waals surface area contributed by atoms with E-state index in [9.17, 15) is 18.0 Å². The van der Waals surface area contributed by atoms with Crippen LogP contribution in [-0.2, 0) is 32.6 Å². The van der Waals surface area contributed by atoms with E-state index in [0.29, 0.717) is 21.8 Å². The van der Waals surface area contributed by atoms with E-state index >= 15 is 0 Å². The van der Waals surface area contributed by atoms with E-state index in [-0.39, 0.29) is 29.8 Å². The first-order chi connectivity index (χ1) is 22.6. The molecule has 4 aromatic carbocycles. The SMILES string of the molecule is Cc1ccc(S(=O)(=O)N(CC(=O)N(Cc2ccccc2Cl)[C@@H](Cc2ccccc2)C(=O)NC2CCCCC2)c2ccccc2C)cc1. The number of nitrogens with zero attached hydrogens (tertiary/aromatic N) is 2. The number of aryl methyl sites for hydroxylation is 2. The van der Waals surface area contributed by atoms with Gasteiger partial charge in [0, 0.05) is 24.0 Å². The summed E-state index contributed by atoms with van der Waals surface area (Å²) in [4.78, 5) is 30.5. The number of rotatable bonds is 12. The molecule has 0 spiro atoms. The molecule has 2 amide bonds. The van der Waals surface area contributed by atoms with Gasteiger partial charge in [-0.2, -0.15) is 0 Å². The molecule has 7 nitrogen and oxygen atoms in total. The van der Waals surface area contributed by atoms with Gasteiger partial charge in [-0.15, -0.1) is 0 Å². The minimum absolute atomic E-state index is 0.0252. The van der Waals surface area contributed by atoms with E-state index in [2.05, 4.69) is 5.32 Å². The van der Waals surface area contributed by atoms with E-state index < -0.39 is 28.5 Å². The lowest BCUT2D eigenvalue weighted by atomic mass is 9.94. The zero-order valence-corrected chi connectivity index (χ0v) is 28.5. The molecule has 4 aromatic rings. The summed E-state index contributed by atoms with van der Waals surface area (Å²) in [5.74, 6) is -0.770. The van der Waals surface area contributed by atoms with E-state index in [4.69, 9.17) is 11.6 Å². The standard InChI is InChI=1S/C38H42ClN3O4S/c1-28-21-23-33(24-22-28)47(45,46)42(35-20-12-9-13-29(35)2)27-37(43)41(26-31-16-10-11-19-34(31)39)36(25-30-14-5-3-6-15-30)38(44)40-32-17-7-4-8-18-32/h3,5-6,9-16,19-24,32,36H,4,7-8,17-18,25-27H2,1-2H3,(H,40,44)/t36-/m0/s1. The van der Waals surface area contributed by atoms with Gasteiger partial charge in [0.05, 0.1) is 10.6 Å². The number of anilines is 1. The maximum Gasteiger partial charge on any atom is 0.264 e. The van der Waals surface area contributed by atoms with Crippen molar-refractivity contribution in [1.82, 2.24) is 10.2 Å². The van der Waals surface area contributed by atoms with Crippen LogP contribution in [0.1, 0.15) is 54.4 Å². The highest BCUT2D eigenvalue weighted by Crippen LogP contribution is 2.29. The normalized spacial score (nSPS) is 14.3. The minimum atomic E-state index is -4.17. The van der Waals surface area contributed by atoms with Crippen LogP contribution in [0.2, 0.25) is 5.02 Å². The highest BCUT2D eigenvalue weighted by Gasteiger charge is 2.36. The molecule has 246 valence electrons. The molecule has 5 rings (SSSR count). The molecule has 1 fully saturated rings. The predicted molar refractivity (Wildman–Crippen MR) is 188 cm³/mol. The third-order valence-electron chi connectivity index (χ3n) is 8.79. The molecule has 0 saturated heterocycles. The van der Waals surface area contributed by atoms with Crippen molar-refractivity contribution >= 4 is 39.1 Å². The molecule has 9 heteroatoms. The minimum Gasteiger partial charge on any atom is -0.352 e. The Kier molecular flexibility index (Phi) is 11.4. The van der Waals surface area contributed by atoms with Crippen LogP contribution in [0, 0.1) is 13.8 Å². The number of nitrogens with one attached hydrogen (secondary N) is 1. The second-order valence-corrected chi connectivity index (χ2v) is 14.5. The number of para-hydroxylation sites is 1. The molecule has 0 aliphatic heterocycles. The van der Waals surface area contributed by atoms with E-state index in [1.54, 1.807) is 42.5 Å². The quantitative estimate of drug-likeness (QED) is 0.172. The fourth-order valence-electron chi connectivity index (χ4n) is 6.10. The van der Waals surface area contributed by atoms with Crippen molar-refractivity contribution in [2.75, 3.05) is 10.8 Å². The molecular weight excluding hydrogens is 630 g/mol. The van der Waals surface area contributed by atoms with Crippen molar-refractivity contribution in [2.45, 2.75) is 75.9 Å². The molecule has 0 heterocycles. The second-order valence-electron chi connectivity index (χ2n) is 12.3. The van der Waals surface area contributed by atoms with E-state index in [1.165, 1.54) is 4.90 Å². The van der Waals surface area contributed by atoms with Crippen LogP contribution in [-0.4, -0.2) is 43.8 Å². The van der Waals surface area contributed by atoms with Crippen molar-refractivity contribution in [2.24, 2.45) is 0 Å². The van der Waals surface area contributed by atoms with Crippen molar-refractivity contribution in [3.63, 3.8) is 0 Å². The summed E-state index contributed by atoms with van der Waals surface area (Å²) in [6.07, 6.45) is 5.25. The summed E-state index contributed by atoms with van der Waals surface area (Å²) in [5.41, 5.74) is 3.56. The Morgan fingerprint density at radius 3 is 2.15 bits per heavy atom. The fraction of sp³-hybridized carbons (Fsp3) is 0.316. The number of amides is 2. The summed E-state index contributed by atoms with van der Waals surface area (Å²) < 4.78 is 29.7. The highest BCUT2D eigenvalue weighted by molar-refractivity contribution is 7.92. The molecule has 1 N–H and O–H groups in total. The lowest BCUT2D eigenvalue weighted by Gasteiger charge is -2.35. The zero-order chi connectivity index (χ0) is 33.4. The third kappa shape index (κ3) is 8.62. The van der Waals surface area contributed by atoms with Crippen LogP contribution >= 0.6 is 11.6 Å². The molecule has 1 aliphatic rings. The second kappa shape index (κ2) is 15.6. The number of halogens is 1. The maximum atomic E-state index is 14.7. The van der Waals surface area contributed by atoms with Gasteiger partial charge in [-0.25, -0.2) is 8.42 Å². The van der Waals surface area contributed by atoms with Crippen LogP contribution < -0.4 is 9.62 Å². The van der Waals surface area contributed by atoms with Gasteiger partial charge in [0.2, 0.25) is 11.8 Å². The van der Waals surface area contributed by atoms with Crippen molar-refractivity contribution in [1.29, 1.82) is 0 Å². The number of carbonyl (C=O) groups is 2. The van der Waals surface area contributed by atoms with Gasteiger partial charge in [0.15, 0.2) is 0 Å². The number of sulfonamides is 1. The van der Waals surface area contributed by atoms with Crippen LogP contribution in [0.3, 0.4) is 0 Å². The Morgan fingerprint density at radius 1 is 0.830 bits per heavy atom. The van der Waals surface area contributed by atoms with Gasteiger partial charge >= 0.3 is 0 Å². The molecule has 0 bridgehead atoms. The summed E-state index contributed by atoms with van der Waals surface area (Å²) >= 11 is 6.62. The van der Waals surface area contributed by atoms with Crippen molar-refractivity contribution in [3.8, 4) is 0 Å². The first kappa shape index (κ1) is 34.2. The van der Waals surface area contributed by atoms with Gasteiger partial charge in [0.1, 0.15) is 12.6 Å². The number of carbonyl (C=O) groups excluding carboxylic acids is 2. The van der Waals surface area contributed by atoms with Gasteiger partial charge in [-0.1, -0.05) is 115 Å². The smallest absolute Gasteiger partial charge is 0.264 e. The van der Waals surface area contributed by atoms with Crippen LogP contribution in [0.5, 0.6) is 0 Å². The van der Waals surface area contributed by atoms with Crippen LogP contribution in [0.25, 0.3) is 0 Å². The van der Waals surface area contributed by atoms with Gasteiger partial charge in [-0.3, -0.25) is 13.9 Å². The molecular formula is C38H42ClN3O4S. The van der Waals surface area contributed by atoms with Crippen molar-refractivity contribution in [3.05, 3.63) is 130 Å². The summed E-state index contributed by atoms with van der Waals surface area (Å²) in [5, 5.41) is 3.69. The zero-order valence-electron chi connectivity index (χ0n) is 26.9. The third-order valence-corrected chi connectivity index (χ3v) is 10.9. The topological polar surface area (TPSA) is 86.8 Å². The predicted octanol–water partition coefficient (Wildman–Crippen LogP) is 7.24. The van der Waals surface area contributed by atoms with Crippen LogP contribution in [0.4, 0.5) is 5.69 Å². The number of benzene rings is 4. The molecule has 1 aliphatic carbocycles. The number of hydrogen-bond acceptors (Lipinski definition) is 4. The lowest BCUT2D eigenvalue weighted by molar-refractivity contribution is -0.140. The Morgan fingerprint density at radius 2 is 1.47 bits per heavy atom. The average molecular weight is 672 g/mol. The lowest BCUT2D eigenvalue weighted by Crippen LogP contribution is -2.55. The van der Waals surface area contributed by atoms with E-state index in [0.717, 1.165) is 47.5 Å². The first-order valence-corrected chi connectivity index (χ1v) is 18.0. The summed E-state index contributed by atoms with van der Waals surface area (Å²) in [7, 11) is -4.17. The Labute approximate surface area is 283 Å². The molecule has 1 saturated carbocycles. The van der Waals surface area contributed by atoms with Gasteiger partial charge < -0.3 is 10.2 Å². The molecule has 1 atom stereocenters.